The number of thioether (sulfide) groups is 1. The van der Waals surface area contributed by atoms with Gasteiger partial charge in [0.05, 0.1) is 11.4 Å². The van der Waals surface area contributed by atoms with E-state index in [4.69, 9.17) is 4.74 Å². The van der Waals surface area contributed by atoms with Crippen molar-refractivity contribution in [2.24, 2.45) is 0 Å². The van der Waals surface area contributed by atoms with Crippen molar-refractivity contribution in [3.8, 4) is 0 Å². The van der Waals surface area contributed by atoms with Gasteiger partial charge in [0.2, 0.25) is 5.91 Å². The summed E-state index contributed by atoms with van der Waals surface area (Å²) in [5.41, 5.74) is -0.758. The van der Waals surface area contributed by atoms with Gasteiger partial charge in [-0.15, -0.1) is 11.8 Å². The molecule has 2 rings (SSSR count). The number of carbonyl (C=O) groups is 1. The Bertz CT molecular complexity index is 273. The van der Waals surface area contributed by atoms with Crippen LogP contribution in [0.15, 0.2) is 0 Å². The number of hydrogen-bond donors (Lipinski definition) is 2. The smallest absolute Gasteiger partial charge is 0.230 e. The molecular weight excluding hydrogens is 250 g/mol. The fourth-order valence-electron chi connectivity index (χ4n) is 2.49. The lowest BCUT2D eigenvalue weighted by atomic mass is 9.94. The van der Waals surface area contributed by atoms with Crippen molar-refractivity contribution in [2.45, 2.75) is 49.4 Å². The number of amides is 1. The van der Waals surface area contributed by atoms with Gasteiger partial charge in [-0.25, -0.2) is 0 Å². The van der Waals surface area contributed by atoms with Crippen LogP contribution in [0.1, 0.15) is 38.5 Å². The summed E-state index contributed by atoms with van der Waals surface area (Å²) in [5, 5.41) is 13.7. The fraction of sp³-hybridized carbons (Fsp3) is 0.923. The zero-order valence-electron chi connectivity index (χ0n) is 10.8. The molecule has 0 radical (unpaired) electrons. The van der Waals surface area contributed by atoms with E-state index in [9.17, 15) is 9.90 Å². The number of aliphatic hydroxyl groups is 1. The molecule has 5 heteroatoms. The van der Waals surface area contributed by atoms with Crippen LogP contribution in [0.2, 0.25) is 0 Å². The Kier molecular flexibility index (Phi) is 5.33. The number of hydrogen-bond acceptors (Lipinski definition) is 4. The van der Waals surface area contributed by atoms with Gasteiger partial charge < -0.3 is 15.2 Å². The molecule has 0 atom stereocenters. The zero-order chi connectivity index (χ0) is 12.8. The average Bonchev–Trinajstić information content (AvgIpc) is 2.88. The van der Waals surface area contributed by atoms with Gasteiger partial charge in [0.15, 0.2) is 0 Å². The van der Waals surface area contributed by atoms with Gasteiger partial charge in [-0.3, -0.25) is 4.79 Å². The van der Waals surface area contributed by atoms with Crippen LogP contribution in [-0.2, 0) is 9.53 Å². The molecule has 1 amide bonds. The predicted octanol–water partition coefficient (Wildman–Crippen LogP) is 1.32. The van der Waals surface area contributed by atoms with E-state index >= 15 is 0 Å². The number of rotatable bonds is 5. The Morgan fingerprint density at radius 1 is 1.33 bits per heavy atom. The van der Waals surface area contributed by atoms with Gasteiger partial charge in [0, 0.05) is 37.9 Å². The topological polar surface area (TPSA) is 58.6 Å². The third-order valence-corrected chi connectivity index (χ3v) is 5.16. The van der Waals surface area contributed by atoms with E-state index in [1.807, 2.05) is 0 Å². The van der Waals surface area contributed by atoms with Crippen LogP contribution < -0.4 is 5.32 Å². The molecule has 2 N–H and O–H groups in total. The summed E-state index contributed by atoms with van der Waals surface area (Å²) in [6.07, 6.45) is 6.34. The van der Waals surface area contributed by atoms with Crippen LogP contribution in [-0.4, -0.2) is 47.4 Å². The molecule has 104 valence electrons. The second-order valence-corrected chi connectivity index (χ2v) is 6.62. The monoisotopic (exact) mass is 273 g/mol. The predicted molar refractivity (Wildman–Crippen MR) is 72.7 cm³/mol. The Balaban J connectivity index is 1.61. The molecule has 0 unspecified atom stereocenters. The lowest BCUT2D eigenvalue weighted by Crippen LogP contribution is -2.47. The highest BCUT2D eigenvalue weighted by molar-refractivity contribution is 8.00. The summed E-state index contributed by atoms with van der Waals surface area (Å²) in [6.45, 7) is 1.53. The van der Waals surface area contributed by atoms with Gasteiger partial charge >= 0.3 is 0 Å². The molecule has 0 aromatic heterocycles. The van der Waals surface area contributed by atoms with E-state index < -0.39 is 5.60 Å². The molecule has 1 saturated heterocycles. The Morgan fingerprint density at radius 3 is 2.67 bits per heavy atom. The molecule has 0 bridgehead atoms. The number of nitrogens with one attached hydrogen (secondary N) is 1. The van der Waals surface area contributed by atoms with Crippen LogP contribution in [0.4, 0.5) is 0 Å². The van der Waals surface area contributed by atoms with Gasteiger partial charge in [-0.2, -0.15) is 0 Å². The third-order valence-electron chi connectivity index (χ3n) is 3.79. The van der Waals surface area contributed by atoms with E-state index in [1.165, 1.54) is 25.7 Å². The highest BCUT2D eigenvalue weighted by atomic mass is 32.2. The van der Waals surface area contributed by atoms with Gasteiger partial charge in [-0.1, -0.05) is 12.8 Å². The second kappa shape index (κ2) is 6.78. The van der Waals surface area contributed by atoms with Crippen molar-refractivity contribution in [3.63, 3.8) is 0 Å². The van der Waals surface area contributed by atoms with E-state index in [1.54, 1.807) is 11.8 Å². The van der Waals surface area contributed by atoms with E-state index in [0.717, 1.165) is 0 Å². The maximum atomic E-state index is 11.7. The Labute approximate surface area is 113 Å². The van der Waals surface area contributed by atoms with Crippen molar-refractivity contribution >= 4 is 17.7 Å². The fourth-order valence-corrected chi connectivity index (χ4v) is 3.65. The van der Waals surface area contributed by atoms with Crippen molar-refractivity contribution in [2.75, 3.05) is 25.5 Å². The maximum Gasteiger partial charge on any atom is 0.230 e. The normalized spacial score (nSPS) is 24.1. The van der Waals surface area contributed by atoms with E-state index in [2.05, 4.69) is 5.32 Å². The largest absolute Gasteiger partial charge is 0.388 e. The van der Waals surface area contributed by atoms with Gasteiger partial charge in [-0.05, 0) is 12.8 Å². The van der Waals surface area contributed by atoms with E-state index in [0.29, 0.717) is 43.6 Å². The zero-order valence-corrected chi connectivity index (χ0v) is 11.6. The van der Waals surface area contributed by atoms with Crippen molar-refractivity contribution in [1.82, 2.24) is 5.32 Å². The van der Waals surface area contributed by atoms with Gasteiger partial charge in [0.25, 0.3) is 0 Å². The number of ether oxygens (including phenoxy) is 1. The molecule has 1 saturated carbocycles. The van der Waals surface area contributed by atoms with Crippen LogP contribution >= 0.6 is 11.8 Å². The van der Waals surface area contributed by atoms with Crippen molar-refractivity contribution in [3.05, 3.63) is 0 Å². The molecule has 0 aromatic carbocycles. The van der Waals surface area contributed by atoms with Crippen LogP contribution in [0.3, 0.4) is 0 Å². The summed E-state index contributed by atoms with van der Waals surface area (Å²) in [6, 6.07) is 0. The Morgan fingerprint density at radius 2 is 2.00 bits per heavy atom. The first-order chi connectivity index (χ1) is 8.68. The first-order valence-electron chi connectivity index (χ1n) is 6.86. The standard InChI is InChI=1S/C13H23NO3S/c15-12(9-18-11-3-1-2-4-11)14-10-13(16)5-7-17-8-6-13/h11,16H,1-10H2,(H,14,15). The minimum absolute atomic E-state index is 0.0480. The Hall–Kier alpha value is -0.260. The minimum Gasteiger partial charge on any atom is -0.388 e. The molecule has 0 spiro atoms. The van der Waals surface area contributed by atoms with Crippen LogP contribution in [0, 0.1) is 0 Å². The lowest BCUT2D eigenvalue weighted by molar-refractivity contribution is -0.121. The highest BCUT2D eigenvalue weighted by Gasteiger charge is 2.30. The first-order valence-corrected chi connectivity index (χ1v) is 7.91. The SMILES string of the molecule is O=C(CSC1CCCC1)NCC1(O)CCOCC1. The molecule has 1 heterocycles. The van der Waals surface area contributed by atoms with Crippen LogP contribution in [0.5, 0.6) is 0 Å². The van der Waals surface area contributed by atoms with Crippen molar-refractivity contribution < 1.29 is 14.6 Å². The summed E-state index contributed by atoms with van der Waals surface area (Å²) < 4.78 is 5.21. The highest BCUT2D eigenvalue weighted by Crippen LogP contribution is 2.29. The lowest BCUT2D eigenvalue weighted by Gasteiger charge is -2.32. The molecule has 1 aliphatic heterocycles. The quantitative estimate of drug-likeness (QED) is 0.793. The molecule has 4 nitrogen and oxygen atoms in total. The van der Waals surface area contributed by atoms with E-state index in [-0.39, 0.29) is 5.91 Å². The summed E-state index contributed by atoms with van der Waals surface area (Å²) in [5.74, 6) is 0.573. The molecular formula is C13H23NO3S. The molecule has 1 aliphatic carbocycles. The molecule has 0 aromatic rings. The molecule has 2 aliphatic rings. The van der Waals surface area contributed by atoms with Crippen molar-refractivity contribution in [1.29, 1.82) is 0 Å². The summed E-state index contributed by atoms with van der Waals surface area (Å²) in [4.78, 5) is 11.7. The second-order valence-electron chi connectivity index (χ2n) is 5.33. The summed E-state index contributed by atoms with van der Waals surface area (Å²) >= 11 is 1.76. The minimum atomic E-state index is -0.758. The van der Waals surface area contributed by atoms with Crippen LogP contribution in [0.25, 0.3) is 0 Å². The third kappa shape index (κ3) is 4.44. The summed E-state index contributed by atoms with van der Waals surface area (Å²) in [7, 11) is 0. The average molecular weight is 273 g/mol. The molecule has 2 fully saturated rings. The maximum absolute atomic E-state index is 11.7. The number of carbonyl (C=O) groups excluding carboxylic acids is 1. The van der Waals surface area contributed by atoms with Gasteiger partial charge in [0.1, 0.15) is 0 Å². The first kappa shape index (κ1) is 14.2. The molecule has 18 heavy (non-hydrogen) atoms.